The number of amides is 3. The lowest BCUT2D eigenvalue weighted by Gasteiger charge is -2.29. The zero-order valence-electron chi connectivity index (χ0n) is 17.8. The van der Waals surface area contributed by atoms with Gasteiger partial charge in [-0.3, -0.25) is 4.79 Å². The molecule has 160 valence electrons. The van der Waals surface area contributed by atoms with Crippen molar-refractivity contribution in [3.8, 4) is 5.75 Å². The van der Waals surface area contributed by atoms with Crippen LogP contribution >= 0.6 is 0 Å². The van der Waals surface area contributed by atoms with Gasteiger partial charge in [0, 0.05) is 32.6 Å². The Labute approximate surface area is 178 Å². The minimum Gasteiger partial charge on any atom is -0.491 e. The Bertz CT molecular complexity index is 866. The summed E-state index contributed by atoms with van der Waals surface area (Å²) in [6.07, 6.45) is 2.09. The van der Waals surface area contributed by atoms with Crippen molar-refractivity contribution in [1.82, 2.24) is 15.5 Å². The number of benzene rings is 2. The Morgan fingerprint density at radius 1 is 1.07 bits per heavy atom. The molecule has 0 atom stereocenters. The summed E-state index contributed by atoms with van der Waals surface area (Å²) in [4.78, 5) is 26.4. The molecule has 1 aliphatic heterocycles. The number of ether oxygens (including phenoxy) is 1. The molecule has 30 heavy (non-hydrogen) atoms. The first-order chi connectivity index (χ1) is 14.5. The second-order valence-corrected chi connectivity index (χ2v) is 7.86. The SMILES string of the molecule is CC(C)Oc1cccc(CNC(=O)NCCCC(=O)N2CCc3ccccc3C2)c1. The number of rotatable bonds is 8. The van der Waals surface area contributed by atoms with Gasteiger partial charge in [0.1, 0.15) is 5.75 Å². The van der Waals surface area contributed by atoms with Crippen LogP contribution in [0.25, 0.3) is 0 Å². The summed E-state index contributed by atoms with van der Waals surface area (Å²) in [6.45, 7) is 6.30. The number of urea groups is 1. The normalized spacial score (nSPS) is 13.0. The highest BCUT2D eigenvalue weighted by Crippen LogP contribution is 2.19. The van der Waals surface area contributed by atoms with Crippen LogP contribution in [0.2, 0.25) is 0 Å². The topological polar surface area (TPSA) is 70.7 Å². The molecule has 2 aromatic rings. The molecular weight excluding hydrogens is 378 g/mol. The number of nitrogens with zero attached hydrogens (tertiary/aromatic N) is 1. The second kappa shape index (κ2) is 10.7. The van der Waals surface area contributed by atoms with E-state index in [2.05, 4.69) is 22.8 Å². The van der Waals surface area contributed by atoms with E-state index in [1.807, 2.05) is 55.1 Å². The minimum absolute atomic E-state index is 0.110. The third-order valence-electron chi connectivity index (χ3n) is 5.06. The van der Waals surface area contributed by atoms with Crippen LogP contribution < -0.4 is 15.4 Å². The molecular formula is C24H31N3O3. The molecule has 1 heterocycles. The highest BCUT2D eigenvalue weighted by Gasteiger charge is 2.19. The Morgan fingerprint density at radius 2 is 1.87 bits per heavy atom. The van der Waals surface area contributed by atoms with Crippen LogP contribution in [0.5, 0.6) is 5.75 Å². The van der Waals surface area contributed by atoms with Gasteiger partial charge in [0.25, 0.3) is 0 Å². The van der Waals surface area contributed by atoms with Gasteiger partial charge in [0.05, 0.1) is 6.10 Å². The van der Waals surface area contributed by atoms with E-state index in [-0.39, 0.29) is 18.0 Å². The van der Waals surface area contributed by atoms with E-state index in [4.69, 9.17) is 4.74 Å². The third-order valence-corrected chi connectivity index (χ3v) is 5.06. The minimum atomic E-state index is -0.232. The first-order valence-corrected chi connectivity index (χ1v) is 10.6. The molecule has 0 radical (unpaired) electrons. The first-order valence-electron chi connectivity index (χ1n) is 10.6. The van der Waals surface area contributed by atoms with Crippen LogP contribution in [0.15, 0.2) is 48.5 Å². The number of nitrogens with one attached hydrogen (secondary N) is 2. The van der Waals surface area contributed by atoms with Crippen LogP contribution in [0.4, 0.5) is 4.79 Å². The summed E-state index contributed by atoms with van der Waals surface area (Å²) in [5.41, 5.74) is 3.54. The molecule has 0 saturated carbocycles. The summed E-state index contributed by atoms with van der Waals surface area (Å²) in [6, 6.07) is 15.7. The summed E-state index contributed by atoms with van der Waals surface area (Å²) in [5.74, 6) is 0.942. The van der Waals surface area contributed by atoms with Crippen LogP contribution in [-0.4, -0.2) is 36.0 Å². The summed E-state index contributed by atoms with van der Waals surface area (Å²) in [7, 11) is 0. The monoisotopic (exact) mass is 409 g/mol. The molecule has 0 spiro atoms. The van der Waals surface area contributed by atoms with Gasteiger partial charge in [-0.25, -0.2) is 4.79 Å². The van der Waals surface area contributed by atoms with Crippen LogP contribution in [-0.2, 0) is 24.3 Å². The van der Waals surface area contributed by atoms with Crippen molar-refractivity contribution >= 4 is 11.9 Å². The predicted octanol–water partition coefficient (Wildman–Crippen LogP) is 3.64. The second-order valence-electron chi connectivity index (χ2n) is 7.86. The number of hydrogen-bond acceptors (Lipinski definition) is 3. The molecule has 0 saturated heterocycles. The van der Waals surface area contributed by atoms with Crippen molar-refractivity contribution in [3.63, 3.8) is 0 Å². The molecule has 3 rings (SSSR count). The van der Waals surface area contributed by atoms with Gasteiger partial charge < -0.3 is 20.3 Å². The molecule has 0 fully saturated rings. The quantitative estimate of drug-likeness (QED) is 0.654. The average Bonchev–Trinajstić information content (AvgIpc) is 2.74. The lowest BCUT2D eigenvalue weighted by Crippen LogP contribution is -2.37. The molecule has 6 nitrogen and oxygen atoms in total. The molecule has 0 aromatic heterocycles. The van der Waals surface area contributed by atoms with E-state index in [1.165, 1.54) is 11.1 Å². The van der Waals surface area contributed by atoms with Gasteiger partial charge in [-0.05, 0) is 55.5 Å². The standard InChI is InChI=1S/C24H31N3O3/c1-18(2)30-22-10-5-7-19(15-22)16-26-24(29)25-13-6-11-23(28)27-14-12-20-8-3-4-9-21(20)17-27/h3-5,7-10,15,18H,6,11-14,16-17H2,1-2H3,(H2,25,26,29). The fraction of sp³-hybridized carbons (Fsp3) is 0.417. The Kier molecular flexibility index (Phi) is 7.71. The predicted molar refractivity (Wildman–Crippen MR) is 117 cm³/mol. The lowest BCUT2D eigenvalue weighted by atomic mass is 9.99. The van der Waals surface area contributed by atoms with E-state index < -0.39 is 0 Å². The van der Waals surface area contributed by atoms with Gasteiger partial charge in [-0.2, -0.15) is 0 Å². The molecule has 2 N–H and O–H groups in total. The van der Waals surface area contributed by atoms with Crippen molar-refractivity contribution in [3.05, 3.63) is 65.2 Å². The highest BCUT2D eigenvalue weighted by molar-refractivity contribution is 5.77. The van der Waals surface area contributed by atoms with E-state index in [1.54, 1.807) is 0 Å². The van der Waals surface area contributed by atoms with Gasteiger partial charge in [0.15, 0.2) is 0 Å². The third kappa shape index (κ3) is 6.51. The number of fused-ring (bicyclic) bond motifs is 1. The van der Waals surface area contributed by atoms with Crippen molar-refractivity contribution in [2.24, 2.45) is 0 Å². The van der Waals surface area contributed by atoms with E-state index in [0.29, 0.717) is 32.5 Å². The fourth-order valence-corrected chi connectivity index (χ4v) is 3.55. The largest absolute Gasteiger partial charge is 0.491 e. The first kappa shape index (κ1) is 21.7. The molecule has 6 heteroatoms. The molecule has 1 aliphatic rings. The van der Waals surface area contributed by atoms with Crippen LogP contribution in [0.3, 0.4) is 0 Å². The summed E-state index contributed by atoms with van der Waals surface area (Å²) < 4.78 is 5.67. The van der Waals surface area contributed by atoms with E-state index >= 15 is 0 Å². The zero-order valence-corrected chi connectivity index (χ0v) is 17.8. The maximum absolute atomic E-state index is 12.5. The number of carbonyl (C=O) groups is 2. The molecule has 0 bridgehead atoms. The fourth-order valence-electron chi connectivity index (χ4n) is 3.55. The van der Waals surface area contributed by atoms with Crippen LogP contribution in [0, 0.1) is 0 Å². The van der Waals surface area contributed by atoms with Crippen molar-refractivity contribution in [1.29, 1.82) is 0 Å². The Morgan fingerprint density at radius 3 is 2.67 bits per heavy atom. The molecule has 3 amide bonds. The highest BCUT2D eigenvalue weighted by atomic mass is 16.5. The Balaban J connectivity index is 1.33. The van der Waals surface area contributed by atoms with Gasteiger partial charge in [-0.1, -0.05) is 36.4 Å². The van der Waals surface area contributed by atoms with Crippen LogP contribution in [0.1, 0.15) is 43.4 Å². The maximum Gasteiger partial charge on any atom is 0.315 e. The van der Waals surface area contributed by atoms with E-state index in [0.717, 1.165) is 24.3 Å². The van der Waals surface area contributed by atoms with E-state index in [9.17, 15) is 9.59 Å². The van der Waals surface area contributed by atoms with Gasteiger partial charge in [0.2, 0.25) is 5.91 Å². The summed E-state index contributed by atoms with van der Waals surface area (Å²) in [5, 5.41) is 5.66. The van der Waals surface area contributed by atoms with Crippen molar-refractivity contribution in [2.45, 2.75) is 52.3 Å². The maximum atomic E-state index is 12.5. The summed E-state index contributed by atoms with van der Waals surface area (Å²) >= 11 is 0. The molecule has 2 aromatic carbocycles. The Hall–Kier alpha value is -3.02. The van der Waals surface area contributed by atoms with Gasteiger partial charge in [-0.15, -0.1) is 0 Å². The van der Waals surface area contributed by atoms with Crippen molar-refractivity contribution in [2.75, 3.05) is 13.1 Å². The zero-order chi connectivity index (χ0) is 21.3. The molecule has 0 unspecified atom stereocenters. The van der Waals surface area contributed by atoms with Gasteiger partial charge >= 0.3 is 6.03 Å². The number of hydrogen-bond donors (Lipinski definition) is 2. The average molecular weight is 410 g/mol. The lowest BCUT2D eigenvalue weighted by molar-refractivity contribution is -0.132. The number of carbonyl (C=O) groups excluding carboxylic acids is 2. The molecule has 0 aliphatic carbocycles. The smallest absolute Gasteiger partial charge is 0.315 e. The van der Waals surface area contributed by atoms with Crippen molar-refractivity contribution < 1.29 is 14.3 Å².